The monoisotopic (exact) mass is 477 g/mol. The minimum atomic E-state index is -4.97. The Hall–Kier alpha value is -4.13. The highest BCUT2D eigenvalue weighted by Crippen LogP contribution is 2.26. The van der Waals surface area contributed by atoms with Crippen molar-refractivity contribution in [3.8, 4) is 5.75 Å². The summed E-state index contributed by atoms with van der Waals surface area (Å²) in [4.78, 5) is 16.3. The van der Waals surface area contributed by atoms with Crippen molar-refractivity contribution in [3.05, 3.63) is 78.6 Å². The third-order valence-electron chi connectivity index (χ3n) is 4.23. The Morgan fingerprint density at radius 2 is 1.79 bits per heavy atom. The van der Waals surface area contributed by atoms with Gasteiger partial charge in [-0.2, -0.15) is 5.10 Å². The van der Waals surface area contributed by atoms with Gasteiger partial charge in [-0.1, -0.05) is 24.3 Å². The number of carbonyl (C=O) groups is 1. The molecule has 2 N–H and O–H groups in total. The summed E-state index contributed by atoms with van der Waals surface area (Å²) < 4.78 is 69.8. The van der Waals surface area contributed by atoms with Crippen LogP contribution in [0.25, 0.3) is 5.65 Å². The van der Waals surface area contributed by atoms with E-state index in [9.17, 15) is 26.4 Å². The lowest BCUT2D eigenvalue weighted by Gasteiger charge is -2.11. The molecular weight excluding hydrogens is 463 g/mol. The molecule has 170 valence electrons. The number of hydrogen-bond donors (Lipinski definition) is 2. The predicted molar refractivity (Wildman–Crippen MR) is 111 cm³/mol. The van der Waals surface area contributed by atoms with E-state index < -0.39 is 32.9 Å². The molecule has 0 saturated heterocycles. The Labute approximate surface area is 184 Å². The molecule has 4 aromatic rings. The van der Waals surface area contributed by atoms with Gasteiger partial charge in [0.15, 0.2) is 5.65 Å². The summed E-state index contributed by atoms with van der Waals surface area (Å²) in [7, 11) is -4.31. The van der Waals surface area contributed by atoms with Crippen LogP contribution in [0.2, 0.25) is 0 Å². The molecule has 0 aliphatic heterocycles. The van der Waals surface area contributed by atoms with Gasteiger partial charge in [-0.25, -0.2) is 17.9 Å². The van der Waals surface area contributed by atoms with E-state index in [1.54, 1.807) is 30.3 Å². The van der Waals surface area contributed by atoms with E-state index >= 15 is 0 Å². The fourth-order valence-corrected chi connectivity index (χ4v) is 3.88. The molecule has 0 aliphatic carbocycles. The number of hydrogen-bond acceptors (Lipinski definition) is 6. The molecule has 0 saturated carbocycles. The number of ether oxygens (including phenoxy) is 1. The lowest BCUT2D eigenvalue weighted by molar-refractivity contribution is -0.274. The summed E-state index contributed by atoms with van der Waals surface area (Å²) in [5.74, 6) is -1.37. The van der Waals surface area contributed by atoms with Crippen molar-refractivity contribution in [2.45, 2.75) is 11.3 Å². The normalized spacial score (nSPS) is 11.8. The molecular formula is C20H14F3N5O4S. The number of para-hydroxylation sites is 1. The van der Waals surface area contributed by atoms with E-state index in [1.807, 2.05) is 0 Å². The van der Waals surface area contributed by atoms with Crippen LogP contribution in [0.1, 0.15) is 10.4 Å². The maximum Gasteiger partial charge on any atom is 0.573 e. The van der Waals surface area contributed by atoms with Crippen LogP contribution in [0.15, 0.2) is 78.0 Å². The third-order valence-corrected chi connectivity index (χ3v) is 5.59. The minimum Gasteiger partial charge on any atom is -0.406 e. The Bertz CT molecular complexity index is 1420. The third kappa shape index (κ3) is 5.20. The van der Waals surface area contributed by atoms with E-state index in [1.165, 1.54) is 23.0 Å². The maximum atomic E-state index is 12.7. The number of fused-ring (bicyclic) bond motifs is 1. The van der Waals surface area contributed by atoms with Crippen molar-refractivity contribution in [2.75, 3.05) is 10.0 Å². The van der Waals surface area contributed by atoms with Gasteiger partial charge in [-0.15, -0.1) is 13.2 Å². The second kappa shape index (κ2) is 8.43. The van der Waals surface area contributed by atoms with Crippen LogP contribution in [0.4, 0.5) is 24.7 Å². The van der Waals surface area contributed by atoms with E-state index in [4.69, 9.17) is 0 Å². The Kier molecular flexibility index (Phi) is 5.64. The van der Waals surface area contributed by atoms with Crippen LogP contribution < -0.4 is 14.8 Å². The van der Waals surface area contributed by atoms with Crippen molar-refractivity contribution in [1.82, 2.24) is 14.6 Å². The first-order valence-corrected chi connectivity index (χ1v) is 10.7. The van der Waals surface area contributed by atoms with E-state index in [0.29, 0.717) is 5.69 Å². The van der Waals surface area contributed by atoms with Gasteiger partial charge in [0.1, 0.15) is 17.1 Å². The first-order valence-electron chi connectivity index (χ1n) is 9.20. The summed E-state index contributed by atoms with van der Waals surface area (Å²) in [5, 5.41) is 6.69. The number of halogens is 3. The van der Waals surface area contributed by atoms with Crippen molar-refractivity contribution in [2.24, 2.45) is 0 Å². The average Bonchev–Trinajstić information content (AvgIpc) is 3.16. The second-order valence-corrected chi connectivity index (χ2v) is 8.27. The highest BCUT2D eigenvalue weighted by atomic mass is 32.2. The zero-order valence-electron chi connectivity index (χ0n) is 16.4. The predicted octanol–water partition coefficient (Wildman–Crippen LogP) is 3.68. The highest BCUT2D eigenvalue weighted by molar-refractivity contribution is 7.92. The summed E-state index contributed by atoms with van der Waals surface area (Å²) in [5.41, 5.74) is 0.693. The Morgan fingerprint density at radius 3 is 2.52 bits per heavy atom. The van der Waals surface area contributed by atoms with Crippen molar-refractivity contribution >= 4 is 33.1 Å². The molecule has 0 radical (unpaired) electrons. The lowest BCUT2D eigenvalue weighted by atomic mass is 10.2. The van der Waals surface area contributed by atoms with E-state index in [2.05, 4.69) is 24.9 Å². The van der Waals surface area contributed by atoms with Gasteiger partial charge in [0.2, 0.25) is 0 Å². The van der Waals surface area contributed by atoms with Crippen LogP contribution in [0, 0.1) is 0 Å². The van der Waals surface area contributed by atoms with Gasteiger partial charge in [0.25, 0.3) is 15.9 Å². The molecule has 13 heteroatoms. The number of carbonyl (C=O) groups excluding carboxylic acids is 1. The molecule has 2 heterocycles. The Morgan fingerprint density at radius 1 is 1.03 bits per heavy atom. The van der Waals surface area contributed by atoms with Crippen LogP contribution in [-0.4, -0.2) is 35.3 Å². The first kappa shape index (κ1) is 22.1. The van der Waals surface area contributed by atoms with Crippen LogP contribution in [0.5, 0.6) is 5.75 Å². The first-order chi connectivity index (χ1) is 15.6. The highest BCUT2D eigenvalue weighted by Gasteiger charge is 2.31. The second-order valence-electron chi connectivity index (χ2n) is 6.59. The van der Waals surface area contributed by atoms with Gasteiger partial charge in [-0.05, 0) is 30.3 Å². The maximum absolute atomic E-state index is 12.7. The SMILES string of the molecule is O=C(Nc1ccccc1)c1cnn2ccc(NS(=O)(=O)c3cccc(OC(F)(F)F)c3)nc12. The number of alkyl halides is 3. The fourth-order valence-electron chi connectivity index (χ4n) is 2.84. The molecule has 2 aromatic heterocycles. The summed E-state index contributed by atoms with van der Waals surface area (Å²) >= 11 is 0. The number of nitrogens with one attached hydrogen (secondary N) is 2. The molecule has 0 aliphatic rings. The average molecular weight is 477 g/mol. The molecule has 0 unspecified atom stereocenters. The van der Waals surface area contributed by atoms with Gasteiger partial charge >= 0.3 is 6.36 Å². The molecule has 0 bridgehead atoms. The quantitative estimate of drug-likeness (QED) is 0.438. The molecule has 1 amide bonds. The lowest BCUT2D eigenvalue weighted by Crippen LogP contribution is -2.18. The van der Waals surface area contributed by atoms with Crippen molar-refractivity contribution in [1.29, 1.82) is 0 Å². The van der Waals surface area contributed by atoms with Crippen molar-refractivity contribution in [3.63, 3.8) is 0 Å². The molecule has 4 rings (SSSR count). The molecule has 33 heavy (non-hydrogen) atoms. The molecule has 0 fully saturated rings. The summed E-state index contributed by atoms with van der Waals surface area (Å²) in [6.45, 7) is 0. The number of amides is 1. The largest absolute Gasteiger partial charge is 0.573 e. The zero-order valence-corrected chi connectivity index (χ0v) is 17.3. The van der Waals surface area contributed by atoms with Gasteiger partial charge in [-0.3, -0.25) is 9.52 Å². The van der Waals surface area contributed by atoms with Crippen molar-refractivity contribution < 1.29 is 31.1 Å². The number of rotatable bonds is 6. The molecule has 0 spiro atoms. The molecule has 9 nitrogen and oxygen atoms in total. The molecule has 0 atom stereocenters. The topological polar surface area (TPSA) is 115 Å². The minimum absolute atomic E-state index is 0.0674. The number of benzene rings is 2. The summed E-state index contributed by atoms with van der Waals surface area (Å²) in [6, 6.07) is 13.8. The number of aromatic nitrogens is 3. The standard InChI is InChI=1S/C20H14F3N5O4S/c21-20(22,23)32-14-7-4-8-15(11-14)33(30,31)27-17-9-10-28-18(26-17)16(12-24-28)19(29)25-13-5-2-1-3-6-13/h1-12H,(H,25,29)(H,26,27). The van der Waals surface area contributed by atoms with Gasteiger partial charge in [0, 0.05) is 18.0 Å². The zero-order chi connectivity index (χ0) is 23.6. The van der Waals surface area contributed by atoms with E-state index in [-0.39, 0.29) is 17.0 Å². The Balaban J connectivity index is 1.60. The summed E-state index contributed by atoms with van der Waals surface area (Å²) in [6.07, 6.45) is -2.32. The van der Waals surface area contributed by atoms with Gasteiger partial charge in [0.05, 0.1) is 11.1 Å². The van der Waals surface area contributed by atoms with Gasteiger partial charge < -0.3 is 10.1 Å². The number of nitrogens with zero attached hydrogens (tertiary/aromatic N) is 3. The smallest absolute Gasteiger partial charge is 0.406 e. The number of anilines is 2. The van der Waals surface area contributed by atoms with Crippen LogP contribution in [0.3, 0.4) is 0 Å². The van der Waals surface area contributed by atoms with E-state index in [0.717, 1.165) is 24.3 Å². The number of sulfonamides is 1. The van der Waals surface area contributed by atoms with Crippen LogP contribution >= 0.6 is 0 Å². The fraction of sp³-hybridized carbons (Fsp3) is 0.0500. The molecule has 2 aromatic carbocycles. The van der Waals surface area contributed by atoms with Crippen LogP contribution in [-0.2, 0) is 10.0 Å².